The van der Waals surface area contributed by atoms with Gasteiger partial charge >= 0.3 is 11.7 Å². The first-order chi connectivity index (χ1) is 13.4. The molecule has 0 radical (unpaired) electrons. The topological polar surface area (TPSA) is 130 Å². The van der Waals surface area contributed by atoms with E-state index in [4.69, 9.17) is 5.11 Å². The molecule has 0 spiro atoms. The van der Waals surface area contributed by atoms with Crippen LogP contribution in [0.1, 0.15) is 37.7 Å². The lowest BCUT2D eigenvalue weighted by atomic mass is 10.1. The van der Waals surface area contributed by atoms with E-state index in [-0.39, 0.29) is 17.9 Å². The third-order valence-corrected chi connectivity index (χ3v) is 4.72. The number of aryl methyl sites for hydroxylation is 2. The number of rotatable bonds is 8. The summed E-state index contributed by atoms with van der Waals surface area (Å²) in [6.45, 7) is 2.73. The van der Waals surface area contributed by atoms with Gasteiger partial charge in [0.05, 0.1) is 11.0 Å². The molecule has 3 N–H and O–H groups in total. The number of carboxylic acids is 1. The average Bonchev–Trinajstić information content (AvgIpc) is 2.62. The number of carbonyl (C=O) groups is 1. The van der Waals surface area contributed by atoms with Crippen molar-refractivity contribution in [3.8, 4) is 11.5 Å². The van der Waals surface area contributed by atoms with E-state index >= 15 is 0 Å². The summed E-state index contributed by atoms with van der Waals surface area (Å²) >= 11 is 0. The number of aromatic nitrogens is 4. The molecule has 3 rings (SSSR count). The van der Waals surface area contributed by atoms with Crippen molar-refractivity contribution in [2.24, 2.45) is 7.05 Å². The molecule has 0 saturated heterocycles. The molecule has 0 bridgehead atoms. The lowest BCUT2D eigenvalue weighted by Gasteiger charge is -2.16. The van der Waals surface area contributed by atoms with Crippen LogP contribution in [0, 0.1) is 6.92 Å². The van der Waals surface area contributed by atoms with Gasteiger partial charge in [-0.15, -0.1) is 0 Å². The van der Waals surface area contributed by atoms with Gasteiger partial charge in [0.25, 0.3) is 5.56 Å². The lowest BCUT2D eigenvalue weighted by molar-refractivity contribution is -0.137. The Kier molecular flexibility index (Phi) is 5.72. The number of carboxylic acid groups (broad SMARTS) is 1. The maximum Gasteiger partial charge on any atom is 0.349 e. The molecule has 0 saturated carbocycles. The highest BCUT2D eigenvalue weighted by atomic mass is 16.4. The summed E-state index contributed by atoms with van der Waals surface area (Å²) in [6.07, 6.45) is 3.72. The minimum Gasteiger partial charge on any atom is -0.481 e. The molecule has 148 valence electrons. The SMILES string of the molecule is Cc1cc2nc3c(=O)[nH]c(=O)nc-3n(C)c2cc1NCCCCCCC(=O)O. The van der Waals surface area contributed by atoms with E-state index in [1.807, 2.05) is 19.1 Å². The third kappa shape index (κ3) is 4.19. The molecule has 0 atom stereocenters. The van der Waals surface area contributed by atoms with E-state index in [1.165, 1.54) is 0 Å². The largest absolute Gasteiger partial charge is 0.481 e. The second kappa shape index (κ2) is 8.20. The molecular weight excluding hydrogens is 362 g/mol. The van der Waals surface area contributed by atoms with Gasteiger partial charge in [-0.25, -0.2) is 9.78 Å². The number of benzene rings is 1. The fourth-order valence-electron chi connectivity index (χ4n) is 3.21. The van der Waals surface area contributed by atoms with E-state index < -0.39 is 17.2 Å². The van der Waals surface area contributed by atoms with Crippen LogP contribution < -0.4 is 16.6 Å². The molecule has 1 aromatic carbocycles. The van der Waals surface area contributed by atoms with Gasteiger partial charge in [0.1, 0.15) is 0 Å². The standard InChI is InChI=1S/C19H23N5O4/c1-11-9-13-14(10-12(11)20-8-6-4-3-5-7-15(25)26)24(2)17-16(21-13)18(27)23-19(28)22-17/h9-10,20H,3-8H2,1-2H3,(H,25,26)(H,23,27,28). The van der Waals surface area contributed by atoms with Crippen LogP contribution in [0.5, 0.6) is 0 Å². The van der Waals surface area contributed by atoms with Crippen molar-refractivity contribution in [3.05, 3.63) is 38.5 Å². The molecule has 2 aliphatic rings. The summed E-state index contributed by atoms with van der Waals surface area (Å²) in [5.41, 5.74) is 2.25. The van der Waals surface area contributed by atoms with Crippen molar-refractivity contribution in [2.75, 3.05) is 11.9 Å². The molecule has 0 unspecified atom stereocenters. The number of anilines is 1. The number of unbranched alkanes of at least 4 members (excludes halogenated alkanes) is 3. The second-order valence-corrected chi connectivity index (χ2v) is 6.85. The van der Waals surface area contributed by atoms with Crippen molar-refractivity contribution >= 4 is 22.7 Å². The number of H-pyrrole nitrogens is 1. The Morgan fingerprint density at radius 3 is 2.68 bits per heavy atom. The van der Waals surface area contributed by atoms with Gasteiger partial charge in [0, 0.05) is 25.7 Å². The highest BCUT2D eigenvalue weighted by molar-refractivity contribution is 5.84. The highest BCUT2D eigenvalue weighted by Crippen LogP contribution is 2.25. The number of hydrogen-bond acceptors (Lipinski definition) is 6. The summed E-state index contributed by atoms with van der Waals surface area (Å²) in [7, 11) is 1.75. The van der Waals surface area contributed by atoms with Gasteiger partial charge in [-0.1, -0.05) is 12.8 Å². The number of hydrogen-bond donors (Lipinski definition) is 3. The van der Waals surface area contributed by atoms with Crippen LogP contribution in [0.2, 0.25) is 0 Å². The summed E-state index contributed by atoms with van der Waals surface area (Å²) in [6, 6.07) is 3.84. The van der Waals surface area contributed by atoms with Crippen LogP contribution >= 0.6 is 0 Å². The minimum atomic E-state index is -0.750. The molecule has 0 amide bonds. The van der Waals surface area contributed by atoms with Gasteiger partial charge in [-0.3, -0.25) is 14.6 Å². The summed E-state index contributed by atoms with van der Waals surface area (Å²) < 4.78 is 1.70. The van der Waals surface area contributed by atoms with E-state index in [0.717, 1.165) is 42.6 Å². The third-order valence-electron chi connectivity index (χ3n) is 4.72. The molecule has 28 heavy (non-hydrogen) atoms. The van der Waals surface area contributed by atoms with Crippen LogP contribution in [0.15, 0.2) is 21.7 Å². The number of fused-ring (bicyclic) bond motifs is 2. The zero-order chi connectivity index (χ0) is 20.3. The van der Waals surface area contributed by atoms with Crippen LogP contribution in [-0.4, -0.2) is 37.1 Å². The van der Waals surface area contributed by atoms with Gasteiger partial charge < -0.3 is 15.0 Å². The summed E-state index contributed by atoms with van der Waals surface area (Å²) in [5.74, 6) is -0.506. The van der Waals surface area contributed by atoms with Crippen molar-refractivity contribution in [1.29, 1.82) is 0 Å². The van der Waals surface area contributed by atoms with Crippen LogP contribution in [0.4, 0.5) is 5.69 Å². The Labute approximate surface area is 160 Å². The molecular formula is C19H23N5O4. The molecule has 2 heterocycles. The zero-order valence-corrected chi connectivity index (χ0v) is 15.9. The smallest absolute Gasteiger partial charge is 0.349 e. The number of aliphatic carboxylic acids is 1. The maximum absolute atomic E-state index is 12.0. The van der Waals surface area contributed by atoms with Gasteiger partial charge in [0.2, 0.25) is 0 Å². The number of aromatic amines is 1. The molecule has 2 aliphatic heterocycles. The first-order valence-electron chi connectivity index (χ1n) is 9.24. The summed E-state index contributed by atoms with van der Waals surface area (Å²) in [5, 5.41) is 12.0. The predicted molar refractivity (Wildman–Crippen MR) is 106 cm³/mol. The van der Waals surface area contributed by atoms with Gasteiger partial charge in [-0.05, 0) is 37.5 Å². The van der Waals surface area contributed by atoms with Gasteiger partial charge in [-0.2, -0.15) is 4.98 Å². The zero-order valence-electron chi connectivity index (χ0n) is 15.9. The van der Waals surface area contributed by atoms with E-state index in [9.17, 15) is 14.4 Å². The first-order valence-corrected chi connectivity index (χ1v) is 9.24. The van der Waals surface area contributed by atoms with Crippen LogP contribution in [0.25, 0.3) is 22.6 Å². The number of nitrogens with one attached hydrogen (secondary N) is 2. The normalized spacial score (nSPS) is 11.2. The molecule has 9 nitrogen and oxygen atoms in total. The van der Waals surface area contributed by atoms with E-state index in [2.05, 4.69) is 20.3 Å². The average molecular weight is 385 g/mol. The maximum atomic E-state index is 12.0. The number of nitrogens with zero attached hydrogens (tertiary/aromatic N) is 3. The van der Waals surface area contributed by atoms with Crippen molar-refractivity contribution in [3.63, 3.8) is 0 Å². The first kappa shape index (κ1) is 19.5. The Hall–Kier alpha value is -3.23. The molecule has 0 aromatic heterocycles. The van der Waals surface area contributed by atoms with Gasteiger partial charge in [0.15, 0.2) is 11.5 Å². The fourth-order valence-corrected chi connectivity index (χ4v) is 3.21. The molecule has 0 aliphatic carbocycles. The fraction of sp³-hybridized carbons (Fsp3) is 0.421. The predicted octanol–water partition coefficient (Wildman–Crippen LogP) is 1.88. The van der Waals surface area contributed by atoms with E-state index in [0.29, 0.717) is 11.9 Å². The van der Waals surface area contributed by atoms with Crippen molar-refractivity contribution in [1.82, 2.24) is 19.5 Å². The Morgan fingerprint density at radius 1 is 1.18 bits per heavy atom. The quantitative estimate of drug-likeness (QED) is 0.399. The van der Waals surface area contributed by atoms with Crippen LogP contribution in [0.3, 0.4) is 0 Å². The van der Waals surface area contributed by atoms with E-state index in [1.54, 1.807) is 11.6 Å². The van der Waals surface area contributed by atoms with Crippen molar-refractivity contribution < 1.29 is 9.90 Å². The summed E-state index contributed by atoms with van der Waals surface area (Å²) in [4.78, 5) is 44.5. The van der Waals surface area contributed by atoms with Crippen LogP contribution in [-0.2, 0) is 11.8 Å². The molecule has 0 fully saturated rings. The molecule has 9 heteroatoms. The Morgan fingerprint density at radius 2 is 1.93 bits per heavy atom. The van der Waals surface area contributed by atoms with Crippen molar-refractivity contribution in [2.45, 2.75) is 39.0 Å². The highest BCUT2D eigenvalue weighted by Gasteiger charge is 2.17. The Bertz CT molecular complexity index is 1100. The minimum absolute atomic E-state index is 0.135. The monoisotopic (exact) mass is 385 g/mol. The molecule has 1 aromatic rings. The second-order valence-electron chi connectivity index (χ2n) is 6.85. The lowest BCUT2D eigenvalue weighted by Crippen LogP contribution is -2.28. The Balaban J connectivity index is 1.78.